The van der Waals surface area contributed by atoms with Crippen molar-refractivity contribution < 1.29 is 24.2 Å². The predicted octanol–water partition coefficient (Wildman–Crippen LogP) is 3.01. The molecule has 0 bridgehead atoms. The van der Waals surface area contributed by atoms with Crippen LogP contribution in [0.4, 0.5) is 0 Å². The lowest BCUT2D eigenvalue weighted by molar-refractivity contribution is -0.145. The molecular weight excluding hydrogens is 396 g/mol. The second-order valence-electron chi connectivity index (χ2n) is 9.13. The van der Waals surface area contributed by atoms with Crippen LogP contribution in [0.5, 0.6) is 0 Å². The van der Waals surface area contributed by atoms with Crippen LogP contribution in [0, 0.1) is 11.8 Å². The topological polar surface area (TPSA) is 105 Å². The van der Waals surface area contributed by atoms with Gasteiger partial charge < -0.3 is 20.5 Å². The number of rotatable bonds is 6. The molecule has 1 fully saturated rings. The number of hydrogen-bond donors (Lipinski definition) is 3. The zero-order valence-electron chi connectivity index (χ0n) is 18.9. The minimum Gasteiger partial charge on any atom is -0.463 e. The molecule has 2 amide bonds. The quantitative estimate of drug-likeness (QED) is 0.439. The highest BCUT2D eigenvalue weighted by molar-refractivity contribution is 5.86. The second-order valence-corrected chi connectivity index (χ2v) is 9.13. The molecule has 1 aliphatic carbocycles. The van der Waals surface area contributed by atoms with Gasteiger partial charge in [0.25, 0.3) is 0 Å². The van der Waals surface area contributed by atoms with Crippen LogP contribution in [-0.2, 0) is 19.1 Å². The van der Waals surface area contributed by atoms with E-state index in [9.17, 15) is 14.4 Å². The largest absolute Gasteiger partial charge is 0.463 e. The van der Waals surface area contributed by atoms with Gasteiger partial charge >= 0.3 is 5.97 Å². The predicted molar refractivity (Wildman–Crippen MR) is 119 cm³/mol. The maximum Gasteiger partial charge on any atom is 0.305 e. The fraction of sp³-hybridized carbons (Fsp3) is 0.792. The zero-order chi connectivity index (χ0) is 22.5. The third-order valence-corrected chi connectivity index (χ3v) is 6.21. The zero-order valence-corrected chi connectivity index (χ0v) is 18.9. The first-order valence-electron chi connectivity index (χ1n) is 12.0. The molecule has 2 aliphatic rings. The lowest BCUT2D eigenvalue weighted by atomic mass is 9.84. The summed E-state index contributed by atoms with van der Waals surface area (Å²) in [4.78, 5) is 37.5. The molecule has 3 atom stereocenters. The lowest BCUT2D eigenvalue weighted by Gasteiger charge is -2.28. The van der Waals surface area contributed by atoms with Gasteiger partial charge in [-0.1, -0.05) is 44.3 Å². The number of carbonyl (C=O) groups excluding carboxylic acids is 3. The van der Waals surface area contributed by atoms with Gasteiger partial charge in [0.05, 0.1) is 18.6 Å². The number of aliphatic hydroxyl groups is 1. The first-order chi connectivity index (χ1) is 15.0. The molecule has 0 saturated heterocycles. The van der Waals surface area contributed by atoms with Gasteiger partial charge in [0.2, 0.25) is 11.8 Å². The van der Waals surface area contributed by atoms with E-state index in [4.69, 9.17) is 9.84 Å². The molecule has 3 N–H and O–H groups in total. The van der Waals surface area contributed by atoms with E-state index in [1.54, 1.807) is 6.92 Å². The number of esters is 1. The molecule has 176 valence electrons. The van der Waals surface area contributed by atoms with Gasteiger partial charge in [-0.05, 0) is 44.9 Å². The summed E-state index contributed by atoms with van der Waals surface area (Å²) in [7, 11) is 0. The number of cyclic esters (lactones) is 1. The molecule has 7 heteroatoms. The Morgan fingerprint density at radius 3 is 2.71 bits per heavy atom. The van der Waals surface area contributed by atoms with E-state index in [0.717, 1.165) is 38.5 Å². The highest BCUT2D eigenvalue weighted by Crippen LogP contribution is 2.27. The number of carbonyl (C=O) groups is 3. The molecule has 0 aromatic heterocycles. The van der Waals surface area contributed by atoms with Crippen molar-refractivity contribution in [1.29, 1.82) is 0 Å². The van der Waals surface area contributed by atoms with Gasteiger partial charge in [0, 0.05) is 18.9 Å². The molecule has 7 nitrogen and oxygen atoms in total. The first kappa shape index (κ1) is 25.4. The average Bonchev–Trinajstić information content (AvgIpc) is 2.75. The van der Waals surface area contributed by atoms with Crippen molar-refractivity contribution in [1.82, 2.24) is 10.6 Å². The van der Waals surface area contributed by atoms with E-state index in [1.165, 1.54) is 19.3 Å². The second kappa shape index (κ2) is 14.2. The SMILES string of the molecule is CC(CO)NC(=O)CC1CC=CCCCCC(=O)OCC(CC2CCCCC2)NC1=O. The van der Waals surface area contributed by atoms with Crippen molar-refractivity contribution in [2.45, 2.75) is 96.1 Å². The van der Waals surface area contributed by atoms with E-state index in [-0.39, 0.29) is 49.5 Å². The Kier molecular flexibility index (Phi) is 11.6. The number of nitrogens with one attached hydrogen (secondary N) is 2. The van der Waals surface area contributed by atoms with Crippen molar-refractivity contribution in [3.05, 3.63) is 12.2 Å². The van der Waals surface area contributed by atoms with E-state index >= 15 is 0 Å². The van der Waals surface area contributed by atoms with Crippen molar-refractivity contribution in [2.75, 3.05) is 13.2 Å². The van der Waals surface area contributed by atoms with Gasteiger partial charge in [-0.25, -0.2) is 0 Å². The molecular formula is C24H40N2O5. The molecule has 1 saturated carbocycles. The van der Waals surface area contributed by atoms with Gasteiger partial charge in [0.1, 0.15) is 6.61 Å². The minimum absolute atomic E-state index is 0.0659. The Bertz CT molecular complexity index is 601. The monoisotopic (exact) mass is 436 g/mol. The van der Waals surface area contributed by atoms with Crippen LogP contribution in [-0.4, -0.2) is 48.2 Å². The molecule has 0 spiro atoms. The Morgan fingerprint density at radius 2 is 1.97 bits per heavy atom. The normalized spacial score (nSPS) is 25.7. The molecule has 31 heavy (non-hydrogen) atoms. The van der Waals surface area contributed by atoms with E-state index in [0.29, 0.717) is 18.8 Å². The third-order valence-electron chi connectivity index (χ3n) is 6.21. The van der Waals surface area contributed by atoms with Crippen molar-refractivity contribution in [2.24, 2.45) is 11.8 Å². The van der Waals surface area contributed by atoms with Gasteiger partial charge in [-0.2, -0.15) is 0 Å². The highest BCUT2D eigenvalue weighted by atomic mass is 16.5. The average molecular weight is 437 g/mol. The third kappa shape index (κ3) is 10.3. The van der Waals surface area contributed by atoms with E-state index in [1.807, 2.05) is 12.2 Å². The fourth-order valence-corrected chi connectivity index (χ4v) is 4.37. The number of aliphatic hydroxyl groups excluding tert-OH is 1. The molecule has 0 aromatic rings. The first-order valence-corrected chi connectivity index (χ1v) is 12.0. The molecule has 1 aliphatic heterocycles. The molecule has 0 aromatic carbocycles. The Hall–Kier alpha value is -1.89. The smallest absolute Gasteiger partial charge is 0.305 e. The number of allylic oxidation sites excluding steroid dienone is 2. The van der Waals surface area contributed by atoms with E-state index < -0.39 is 5.92 Å². The summed E-state index contributed by atoms with van der Waals surface area (Å²) < 4.78 is 5.49. The minimum atomic E-state index is -0.491. The Morgan fingerprint density at radius 1 is 1.19 bits per heavy atom. The van der Waals surface area contributed by atoms with Gasteiger partial charge in [0.15, 0.2) is 0 Å². The lowest BCUT2D eigenvalue weighted by Crippen LogP contribution is -2.45. The summed E-state index contributed by atoms with van der Waals surface area (Å²) in [5.41, 5.74) is 0. The van der Waals surface area contributed by atoms with Crippen LogP contribution in [0.25, 0.3) is 0 Å². The van der Waals surface area contributed by atoms with Crippen LogP contribution < -0.4 is 10.6 Å². The summed E-state index contributed by atoms with van der Waals surface area (Å²) in [6, 6.07) is -0.573. The maximum atomic E-state index is 13.1. The highest BCUT2D eigenvalue weighted by Gasteiger charge is 2.27. The summed E-state index contributed by atoms with van der Waals surface area (Å²) in [6.45, 7) is 1.77. The van der Waals surface area contributed by atoms with Crippen LogP contribution in [0.3, 0.4) is 0 Å². The summed E-state index contributed by atoms with van der Waals surface area (Å²) in [5, 5.41) is 15.0. The van der Waals surface area contributed by atoms with Crippen molar-refractivity contribution in [3.8, 4) is 0 Å². The van der Waals surface area contributed by atoms with Gasteiger partial charge in [-0.3, -0.25) is 14.4 Å². The van der Waals surface area contributed by atoms with Crippen molar-refractivity contribution >= 4 is 17.8 Å². The van der Waals surface area contributed by atoms with Crippen LogP contribution >= 0.6 is 0 Å². The molecule has 0 radical (unpaired) electrons. The summed E-state index contributed by atoms with van der Waals surface area (Å²) >= 11 is 0. The van der Waals surface area contributed by atoms with Crippen LogP contribution in [0.2, 0.25) is 0 Å². The maximum absolute atomic E-state index is 13.1. The van der Waals surface area contributed by atoms with Crippen molar-refractivity contribution in [3.63, 3.8) is 0 Å². The molecule has 2 rings (SSSR count). The van der Waals surface area contributed by atoms with Crippen LogP contribution in [0.1, 0.15) is 84.0 Å². The fourth-order valence-electron chi connectivity index (χ4n) is 4.37. The molecule has 1 heterocycles. The standard InChI is InChI=1S/C24H40N2O5/c1-18(16-27)25-22(28)15-20-12-8-3-2-4-9-13-23(29)31-17-21(26-24(20)30)14-19-10-6-5-7-11-19/h3,8,18-21,27H,2,4-7,9-17H2,1H3,(H,25,28)(H,26,30). The van der Waals surface area contributed by atoms with E-state index in [2.05, 4.69) is 10.6 Å². The van der Waals surface area contributed by atoms with Crippen LogP contribution in [0.15, 0.2) is 12.2 Å². The summed E-state index contributed by atoms with van der Waals surface area (Å²) in [5.74, 6) is -0.590. The number of hydrogen-bond acceptors (Lipinski definition) is 5. The Balaban J connectivity index is 2.06. The number of ether oxygens (including phenoxy) is 1. The van der Waals surface area contributed by atoms with Gasteiger partial charge in [-0.15, -0.1) is 0 Å². The Labute approximate surface area is 186 Å². The molecule has 3 unspecified atom stereocenters. The number of amides is 2. The summed E-state index contributed by atoms with van der Waals surface area (Å²) in [6.07, 6.45) is 14.2.